The van der Waals surface area contributed by atoms with E-state index in [4.69, 9.17) is 0 Å². The van der Waals surface area contributed by atoms with E-state index < -0.39 is 7.14 Å². The van der Waals surface area contributed by atoms with Crippen LogP contribution in [0.2, 0.25) is 0 Å². The van der Waals surface area contributed by atoms with Crippen molar-refractivity contribution in [2.24, 2.45) is 0 Å². The van der Waals surface area contributed by atoms with Gasteiger partial charge in [0.1, 0.15) is 0 Å². The average Bonchev–Trinajstić information content (AvgIpc) is 2.55. The monoisotopic (exact) mass is 299 g/mol. The van der Waals surface area contributed by atoms with Gasteiger partial charge in [0.25, 0.3) is 0 Å². The van der Waals surface area contributed by atoms with E-state index in [9.17, 15) is 9.36 Å². The minimum absolute atomic E-state index is 0.159. The molecule has 2 aromatic carbocycles. The Morgan fingerprint density at radius 1 is 1.05 bits per heavy atom. The zero-order valence-corrected chi connectivity index (χ0v) is 12.9. The van der Waals surface area contributed by atoms with Crippen LogP contribution in [0, 0.1) is 0 Å². The van der Waals surface area contributed by atoms with Crippen molar-refractivity contribution in [2.45, 2.75) is 0 Å². The van der Waals surface area contributed by atoms with Gasteiger partial charge in [-0.3, -0.25) is 4.79 Å². The Morgan fingerprint density at radius 3 is 1.86 bits per heavy atom. The minimum Gasteiger partial charge on any atom is -0.334 e. The van der Waals surface area contributed by atoms with Crippen LogP contribution in [-0.2, 0) is 9.36 Å². The second-order valence-corrected chi connectivity index (χ2v) is 7.59. The van der Waals surface area contributed by atoms with E-state index in [0.717, 1.165) is 10.6 Å². The molecule has 0 spiro atoms. The van der Waals surface area contributed by atoms with Crippen LogP contribution in [0.25, 0.3) is 0 Å². The third-order valence-electron chi connectivity index (χ3n) is 3.31. The molecule has 1 amide bonds. The number of benzene rings is 2. The number of carbonyl (C=O) groups is 1. The molecule has 0 saturated carbocycles. The molecule has 108 valence electrons. The van der Waals surface area contributed by atoms with Gasteiger partial charge in [-0.1, -0.05) is 67.2 Å². The smallest absolute Gasteiger partial charge is 0.246 e. The third-order valence-corrected chi connectivity index (χ3v) is 6.40. The largest absolute Gasteiger partial charge is 0.334 e. The van der Waals surface area contributed by atoms with Crippen LogP contribution < -0.4 is 10.6 Å². The molecule has 3 nitrogen and oxygen atoms in total. The van der Waals surface area contributed by atoms with Crippen molar-refractivity contribution in [2.75, 3.05) is 13.3 Å². The number of likely N-dealkylation sites (N-methyl/N-ethyl adjacent to an activating group) is 1. The Hall–Kier alpha value is -2.12. The average molecular weight is 299 g/mol. The zero-order chi connectivity index (χ0) is 15.3. The fraction of sp³-hybridized carbons (Fsp3) is 0.118. The predicted octanol–water partition coefficient (Wildman–Crippen LogP) is 2.60. The standard InChI is InChI=1S/C17H18NO2P/c1-3-17(19)18(2)14-21(20,15-10-6-4-7-11-15)16-12-8-5-9-13-16/h3-13H,1,14H2,2H3. The van der Waals surface area contributed by atoms with Crippen molar-refractivity contribution in [3.63, 3.8) is 0 Å². The molecule has 0 fully saturated rings. The summed E-state index contributed by atoms with van der Waals surface area (Å²) in [5.41, 5.74) is 0. The van der Waals surface area contributed by atoms with Gasteiger partial charge < -0.3 is 9.46 Å². The Kier molecular flexibility index (Phi) is 4.77. The van der Waals surface area contributed by atoms with Crippen molar-refractivity contribution < 1.29 is 9.36 Å². The minimum atomic E-state index is -2.89. The quantitative estimate of drug-likeness (QED) is 0.628. The molecule has 0 bridgehead atoms. The Labute approximate surface area is 125 Å². The van der Waals surface area contributed by atoms with E-state index >= 15 is 0 Å². The van der Waals surface area contributed by atoms with Crippen molar-refractivity contribution in [3.8, 4) is 0 Å². The molecule has 0 aliphatic carbocycles. The molecule has 0 saturated heterocycles. The van der Waals surface area contributed by atoms with E-state index in [1.54, 1.807) is 7.05 Å². The molecule has 2 aromatic rings. The van der Waals surface area contributed by atoms with Gasteiger partial charge in [0.05, 0.1) is 6.29 Å². The molecule has 0 radical (unpaired) electrons. The summed E-state index contributed by atoms with van der Waals surface area (Å²) >= 11 is 0. The van der Waals surface area contributed by atoms with Gasteiger partial charge in [0.15, 0.2) is 7.14 Å². The molecule has 0 aliphatic rings. The molecule has 0 atom stereocenters. The number of rotatable bonds is 5. The lowest BCUT2D eigenvalue weighted by molar-refractivity contribution is -0.124. The van der Waals surface area contributed by atoms with Crippen LogP contribution in [0.5, 0.6) is 0 Å². The van der Waals surface area contributed by atoms with E-state index in [0.29, 0.717) is 0 Å². The first-order valence-electron chi connectivity index (χ1n) is 6.66. The summed E-state index contributed by atoms with van der Waals surface area (Å²) < 4.78 is 13.6. The van der Waals surface area contributed by atoms with Gasteiger partial charge in [-0.05, 0) is 6.08 Å². The van der Waals surface area contributed by atoms with Crippen molar-refractivity contribution in [1.29, 1.82) is 0 Å². The van der Waals surface area contributed by atoms with E-state index in [1.807, 2.05) is 60.7 Å². The van der Waals surface area contributed by atoms with Gasteiger partial charge in [0, 0.05) is 17.7 Å². The van der Waals surface area contributed by atoms with Crippen LogP contribution in [0.15, 0.2) is 73.3 Å². The summed E-state index contributed by atoms with van der Waals surface area (Å²) in [6.07, 6.45) is 1.40. The van der Waals surface area contributed by atoms with Gasteiger partial charge in [0.2, 0.25) is 5.91 Å². The highest BCUT2D eigenvalue weighted by Gasteiger charge is 2.29. The molecule has 0 heterocycles. The summed E-state index contributed by atoms with van der Waals surface area (Å²) in [6, 6.07) is 18.6. The first-order chi connectivity index (χ1) is 10.1. The van der Waals surface area contributed by atoms with Crippen molar-refractivity contribution >= 4 is 23.7 Å². The van der Waals surface area contributed by atoms with Gasteiger partial charge >= 0.3 is 0 Å². The molecule has 4 heteroatoms. The molecule has 0 aromatic heterocycles. The van der Waals surface area contributed by atoms with Crippen molar-refractivity contribution in [3.05, 3.63) is 73.3 Å². The topological polar surface area (TPSA) is 37.4 Å². The van der Waals surface area contributed by atoms with Crippen LogP contribution >= 0.6 is 7.14 Å². The highest BCUT2D eigenvalue weighted by Crippen LogP contribution is 2.43. The first-order valence-corrected chi connectivity index (χ1v) is 8.55. The summed E-state index contributed by atoms with van der Waals surface area (Å²) in [5, 5.41) is 1.50. The third kappa shape index (κ3) is 3.32. The van der Waals surface area contributed by atoms with E-state index in [2.05, 4.69) is 6.58 Å². The summed E-state index contributed by atoms with van der Waals surface area (Å²) in [5.74, 6) is -0.234. The molecule has 0 N–H and O–H groups in total. The second kappa shape index (κ2) is 6.55. The van der Waals surface area contributed by atoms with E-state index in [1.165, 1.54) is 11.0 Å². The second-order valence-electron chi connectivity index (χ2n) is 4.79. The van der Waals surface area contributed by atoms with E-state index in [-0.39, 0.29) is 12.2 Å². The summed E-state index contributed by atoms with van der Waals surface area (Å²) in [4.78, 5) is 13.2. The fourth-order valence-electron chi connectivity index (χ4n) is 2.17. The Morgan fingerprint density at radius 2 is 1.48 bits per heavy atom. The van der Waals surface area contributed by atoms with Crippen LogP contribution in [-0.4, -0.2) is 24.1 Å². The van der Waals surface area contributed by atoms with Crippen molar-refractivity contribution in [1.82, 2.24) is 4.90 Å². The summed E-state index contributed by atoms with van der Waals surface area (Å²) in [6.45, 7) is 3.48. The number of hydrogen-bond donors (Lipinski definition) is 0. The maximum atomic E-state index is 13.6. The number of carbonyl (C=O) groups excluding carboxylic acids is 1. The molecular formula is C17H18NO2P. The highest BCUT2D eigenvalue weighted by atomic mass is 31.2. The first kappa shape index (κ1) is 15.3. The predicted molar refractivity (Wildman–Crippen MR) is 87.6 cm³/mol. The lowest BCUT2D eigenvalue weighted by Crippen LogP contribution is -2.31. The maximum Gasteiger partial charge on any atom is 0.246 e. The van der Waals surface area contributed by atoms with Gasteiger partial charge in [-0.25, -0.2) is 0 Å². The Balaban J connectivity index is 2.48. The molecule has 0 unspecified atom stereocenters. The zero-order valence-electron chi connectivity index (χ0n) is 12.0. The number of amides is 1. The normalized spacial score (nSPS) is 10.9. The molecular weight excluding hydrogens is 281 g/mol. The fourth-order valence-corrected chi connectivity index (χ4v) is 4.84. The lowest BCUT2D eigenvalue weighted by atomic mass is 10.4. The lowest BCUT2D eigenvalue weighted by Gasteiger charge is -2.25. The van der Waals surface area contributed by atoms with Gasteiger partial charge in [-0.15, -0.1) is 0 Å². The van der Waals surface area contributed by atoms with Crippen LogP contribution in [0.3, 0.4) is 0 Å². The SMILES string of the molecule is C=CC(=O)N(C)CP(=O)(c1ccccc1)c1ccccc1. The summed E-state index contributed by atoms with van der Waals surface area (Å²) in [7, 11) is -1.25. The highest BCUT2D eigenvalue weighted by molar-refractivity contribution is 7.78. The van der Waals surface area contributed by atoms with Crippen LogP contribution in [0.1, 0.15) is 0 Å². The van der Waals surface area contributed by atoms with Gasteiger partial charge in [-0.2, -0.15) is 0 Å². The maximum absolute atomic E-state index is 13.6. The molecule has 21 heavy (non-hydrogen) atoms. The van der Waals surface area contributed by atoms with Crippen LogP contribution in [0.4, 0.5) is 0 Å². The number of hydrogen-bond acceptors (Lipinski definition) is 2. The molecule has 2 rings (SSSR count). The number of nitrogens with zero attached hydrogens (tertiary/aromatic N) is 1. The molecule has 0 aliphatic heterocycles. The Bertz CT molecular complexity index is 624.